The van der Waals surface area contributed by atoms with Crippen LogP contribution in [0.5, 0.6) is 0 Å². The summed E-state index contributed by atoms with van der Waals surface area (Å²) in [5.41, 5.74) is 2.83. The summed E-state index contributed by atoms with van der Waals surface area (Å²) in [7, 11) is 0. The van der Waals surface area contributed by atoms with Crippen LogP contribution in [0.25, 0.3) is 10.9 Å². The minimum atomic E-state index is 0.984. The minimum Gasteiger partial charge on any atom is -0.342 e. The Morgan fingerprint density at radius 1 is 1.12 bits per heavy atom. The van der Waals surface area contributed by atoms with Crippen LogP contribution in [0.3, 0.4) is 0 Å². The van der Waals surface area contributed by atoms with Crippen molar-refractivity contribution in [2.45, 2.75) is 19.9 Å². The summed E-state index contributed by atoms with van der Waals surface area (Å²) < 4.78 is 2.36. The van der Waals surface area contributed by atoms with Gasteiger partial charge < -0.3 is 4.57 Å². The number of aromatic nitrogens is 1. The number of para-hydroxylation sites is 1. The average molecular weight is 241 g/mol. The lowest BCUT2D eigenvalue weighted by molar-refractivity contribution is 0.845. The van der Waals surface area contributed by atoms with Crippen LogP contribution in [0.2, 0.25) is 0 Å². The van der Waals surface area contributed by atoms with Crippen molar-refractivity contribution in [3.05, 3.63) is 58.4 Å². The van der Waals surface area contributed by atoms with Gasteiger partial charge in [-0.25, -0.2) is 0 Å². The van der Waals surface area contributed by atoms with E-state index in [-0.39, 0.29) is 0 Å². The number of rotatable bonds is 3. The molecule has 0 amide bonds. The molecular weight excluding hydrogens is 226 g/mol. The number of aryl methyl sites for hydroxylation is 1. The highest BCUT2D eigenvalue weighted by Crippen LogP contribution is 2.22. The molecule has 3 rings (SSSR count). The fourth-order valence-corrected chi connectivity index (χ4v) is 3.03. The quantitative estimate of drug-likeness (QED) is 0.644. The second-order valence-corrected chi connectivity index (χ2v) is 5.26. The van der Waals surface area contributed by atoms with Crippen LogP contribution in [0.1, 0.15) is 17.4 Å². The second-order valence-electron chi connectivity index (χ2n) is 4.23. The van der Waals surface area contributed by atoms with E-state index in [1.807, 2.05) is 11.3 Å². The number of thiophene rings is 1. The van der Waals surface area contributed by atoms with Gasteiger partial charge in [0.1, 0.15) is 0 Å². The third kappa shape index (κ3) is 1.89. The molecule has 1 nitrogen and oxygen atoms in total. The van der Waals surface area contributed by atoms with Crippen LogP contribution in [-0.2, 0) is 13.0 Å². The normalized spacial score (nSPS) is 11.1. The molecule has 0 aliphatic rings. The maximum atomic E-state index is 2.36. The number of benzene rings is 1. The Balaban J connectivity index is 2.10. The molecule has 0 aliphatic carbocycles. The van der Waals surface area contributed by atoms with Gasteiger partial charge in [0, 0.05) is 11.1 Å². The largest absolute Gasteiger partial charge is 0.342 e. The Bertz CT molecular complexity index is 619. The maximum Gasteiger partial charge on any atom is 0.0569 e. The van der Waals surface area contributed by atoms with Crippen molar-refractivity contribution in [3.8, 4) is 0 Å². The van der Waals surface area contributed by atoms with Crippen molar-refractivity contribution in [2.75, 3.05) is 0 Å². The highest BCUT2D eigenvalue weighted by molar-refractivity contribution is 7.09. The third-order valence-electron chi connectivity index (χ3n) is 3.16. The fraction of sp³-hybridized carbons (Fsp3) is 0.200. The summed E-state index contributed by atoms with van der Waals surface area (Å²) >= 11 is 1.82. The second kappa shape index (κ2) is 4.38. The van der Waals surface area contributed by atoms with E-state index >= 15 is 0 Å². The molecule has 0 aliphatic heterocycles. The summed E-state index contributed by atoms with van der Waals surface area (Å²) in [5.74, 6) is 0. The lowest BCUT2D eigenvalue weighted by Crippen LogP contribution is -1.98. The van der Waals surface area contributed by atoms with E-state index in [1.54, 1.807) is 0 Å². The first-order valence-corrected chi connectivity index (χ1v) is 6.85. The molecule has 0 atom stereocenters. The first-order chi connectivity index (χ1) is 8.38. The van der Waals surface area contributed by atoms with Gasteiger partial charge >= 0.3 is 0 Å². The molecule has 17 heavy (non-hydrogen) atoms. The van der Waals surface area contributed by atoms with Crippen molar-refractivity contribution in [1.82, 2.24) is 4.57 Å². The van der Waals surface area contributed by atoms with E-state index in [0.29, 0.717) is 0 Å². The van der Waals surface area contributed by atoms with E-state index in [1.165, 1.54) is 21.3 Å². The van der Waals surface area contributed by atoms with Crippen LogP contribution in [0.4, 0.5) is 0 Å². The summed E-state index contributed by atoms with van der Waals surface area (Å²) in [6.07, 6.45) is 3.29. The molecule has 2 heteroatoms. The first-order valence-electron chi connectivity index (χ1n) is 5.97. The van der Waals surface area contributed by atoms with E-state index < -0.39 is 0 Å². The molecule has 0 bridgehead atoms. The molecule has 0 unspecified atom stereocenters. The van der Waals surface area contributed by atoms with Gasteiger partial charge in [0.25, 0.3) is 0 Å². The summed E-state index contributed by atoms with van der Waals surface area (Å²) in [6, 6.07) is 13.1. The van der Waals surface area contributed by atoms with Gasteiger partial charge in [-0.05, 0) is 34.9 Å². The van der Waals surface area contributed by atoms with Crippen LogP contribution >= 0.6 is 11.3 Å². The van der Waals surface area contributed by atoms with Gasteiger partial charge in [0.15, 0.2) is 0 Å². The van der Waals surface area contributed by atoms with Crippen molar-refractivity contribution in [3.63, 3.8) is 0 Å². The zero-order chi connectivity index (χ0) is 11.7. The lowest BCUT2D eigenvalue weighted by atomic mass is 10.1. The highest BCUT2D eigenvalue weighted by atomic mass is 32.1. The van der Waals surface area contributed by atoms with Gasteiger partial charge in [-0.15, -0.1) is 11.3 Å². The Morgan fingerprint density at radius 3 is 2.82 bits per heavy atom. The van der Waals surface area contributed by atoms with Gasteiger partial charge in [0.05, 0.1) is 12.1 Å². The Morgan fingerprint density at radius 2 is 2.06 bits per heavy atom. The molecule has 0 radical (unpaired) electrons. The summed E-state index contributed by atoms with van der Waals surface area (Å²) in [5, 5.41) is 3.49. The number of fused-ring (bicyclic) bond motifs is 1. The SMILES string of the molecule is CCc1cccc2ccn(Cc3cccs3)c12. The molecule has 2 heterocycles. The molecule has 3 aromatic rings. The smallest absolute Gasteiger partial charge is 0.0569 e. The van der Waals surface area contributed by atoms with E-state index in [4.69, 9.17) is 0 Å². The summed E-state index contributed by atoms with van der Waals surface area (Å²) in [6.45, 7) is 3.20. The van der Waals surface area contributed by atoms with Gasteiger partial charge in [0.2, 0.25) is 0 Å². The predicted molar refractivity (Wildman–Crippen MR) is 74.7 cm³/mol. The minimum absolute atomic E-state index is 0.984. The highest BCUT2D eigenvalue weighted by Gasteiger charge is 2.05. The van der Waals surface area contributed by atoms with Crippen molar-refractivity contribution in [2.24, 2.45) is 0 Å². The predicted octanol–water partition coefficient (Wildman–Crippen LogP) is 4.31. The van der Waals surface area contributed by atoms with Crippen molar-refractivity contribution in [1.29, 1.82) is 0 Å². The molecule has 0 N–H and O–H groups in total. The van der Waals surface area contributed by atoms with Crippen molar-refractivity contribution >= 4 is 22.2 Å². The Labute approximate surface area is 105 Å². The molecular formula is C15H15NS. The Hall–Kier alpha value is -1.54. The topological polar surface area (TPSA) is 4.93 Å². The van der Waals surface area contributed by atoms with Crippen LogP contribution in [-0.4, -0.2) is 4.57 Å². The van der Waals surface area contributed by atoms with E-state index in [2.05, 4.69) is 59.5 Å². The van der Waals surface area contributed by atoms with Gasteiger partial charge in [-0.3, -0.25) is 0 Å². The third-order valence-corrected chi connectivity index (χ3v) is 4.02. The average Bonchev–Trinajstić information content (AvgIpc) is 2.99. The molecule has 2 aromatic heterocycles. The zero-order valence-corrected chi connectivity index (χ0v) is 10.7. The molecule has 1 aromatic carbocycles. The zero-order valence-electron chi connectivity index (χ0n) is 9.89. The van der Waals surface area contributed by atoms with Gasteiger partial charge in [-0.1, -0.05) is 31.2 Å². The molecule has 0 saturated heterocycles. The molecule has 0 saturated carbocycles. The fourth-order valence-electron chi connectivity index (χ4n) is 2.33. The first kappa shape index (κ1) is 10.6. The number of hydrogen-bond donors (Lipinski definition) is 0. The van der Waals surface area contributed by atoms with E-state index in [9.17, 15) is 0 Å². The van der Waals surface area contributed by atoms with Crippen LogP contribution in [0, 0.1) is 0 Å². The lowest BCUT2D eigenvalue weighted by Gasteiger charge is -2.07. The molecule has 86 valence electrons. The van der Waals surface area contributed by atoms with Gasteiger partial charge in [-0.2, -0.15) is 0 Å². The van der Waals surface area contributed by atoms with Crippen LogP contribution in [0.15, 0.2) is 48.0 Å². The number of nitrogens with zero attached hydrogens (tertiary/aromatic N) is 1. The molecule has 0 fully saturated rings. The van der Waals surface area contributed by atoms with E-state index in [0.717, 1.165) is 13.0 Å². The summed E-state index contributed by atoms with van der Waals surface area (Å²) in [4.78, 5) is 1.41. The van der Waals surface area contributed by atoms with Crippen LogP contribution < -0.4 is 0 Å². The maximum absolute atomic E-state index is 2.36. The Kier molecular flexibility index (Phi) is 2.73. The standard InChI is InChI=1S/C15H15NS/c1-2-12-5-3-6-13-8-9-16(15(12)13)11-14-7-4-10-17-14/h3-10H,2,11H2,1H3. The monoisotopic (exact) mass is 241 g/mol. The number of hydrogen-bond acceptors (Lipinski definition) is 1. The molecule has 0 spiro atoms. The van der Waals surface area contributed by atoms with Crippen molar-refractivity contribution < 1.29 is 0 Å².